The van der Waals surface area contributed by atoms with Crippen molar-refractivity contribution < 1.29 is 17.5 Å². The molecule has 0 unspecified atom stereocenters. The largest absolute Gasteiger partial charge is 0.490 e. The zero-order chi connectivity index (χ0) is 18.3. The molecule has 5 nitrogen and oxygen atoms in total. The third-order valence-corrected chi connectivity index (χ3v) is 5.95. The summed E-state index contributed by atoms with van der Waals surface area (Å²) in [5, 5.41) is 0. The van der Waals surface area contributed by atoms with Gasteiger partial charge in [0, 0.05) is 6.04 Å². The van der Waals surface area contributed by atoms with Gasteiger partial charge in [0.1, 0.15) is 0 Å². The molecule has 3 N–H and O–H groups in total. The average Bonchev–Trinajstić information content (AvgIpc) is 3.37. The summed E-state index contributed by atoms with van der Waals surface area (Å²) in [4.78, 5) is 0. The summed E-state index contributed by atoms with van der Waals surface area (Å²) < 4.78 is 46.3. The molecule has 1 aromatic rings. The van der Waals surface area contributed by atoms with Crippen molar-refractivity contribution in [2.24, 2.45) is 11.7 Å². The van der Waals surface area contributed by atoms with Crippen LogP contribution in [0, 0.1) is 11.7 Å². The molecule has 0 aliphatic heterocycles. The number of hydrogen-bond donors (Lipinski definition) is 2. The van der Waals surface area contributed by atoms with Gasteiger partial charge in [-0.15, -0.1) is 0 Å². The minimum atomic E-state index is -3.38. The molecule has 0 radical (unpaired) electrons. The van der Waals surface area contributed by atoms with Gasteiger partial charge in [-0.3, -0.25) is 0 Å². The molecule has 1 aliphatic carbocycles. The Hall–Kier alpha value is -1.18. The first-order valence-electron chi connectivity index (χ1n) is 9.03. The number of hydrogen-bond acceptors (Lipinski definition) is 4. The number of rotatable bonds is 12. The summed E-state index contributed by atoms with van der Waals surface area (Å²) in [6.45, 7) is 2.81. The Bertz CT molecular complexity index is 648. The van der Waals surface area contributed by atoms with Crippen molar-refractivity contribution in [1.82, 2.24) is 4.72 Å². The Morgan fingerprint density at radius 2 is 2.08 bits per heavy atom. The number of nitrogens with two attached hydrogens (primary N) is 1. The van der Waals surface area contributed by atoms with Crippen molar-refractivity contribution in [3.8, 4) is 5.75 Å². The molecule has 1 fully saturated rings. The molecule has 1 atom stereocenters. The fourth-order valence-corrected chi connectivity index (χ4v) is 4.03. The second-order valence-electron chi connectivity index (χ2n) is 6.78. The Morgan fingerprint density at radius 3 is 2.76 bits per heavy atom. The van der Waals surface area contributed by atoms with Gasteiger partial charge in [0.15, 0.2) is 11.6 Å². The number of halogens is 1. The predicted octanol–water partition coefficient (Wildman–Crippen LogP) is 3.11. The molecule has 2 rings (SSSR count). The van der Waals surface area contributed by atoms with E-state index in [1.807, 2.05) is 0 Å². The first-order chi connectivity index (χ1) is 11.9. The topological polar surface area (TPSA) is 81.4 Å². The predicted molar refractivity (Wildman–Crippen MR) is 97.5 cm³/mol. The van der Waals surface area contributed by atoms with Crippen molar-refractivity contribution in [3.05, 3.63) is 29.6 Å². The van der Waals surface area contributed by atoms with Gasteiger partial charge >= 0.3 is 0 Å². The number of sulfonamides is 1. The highest BCUT2D eigenvalue weighted by Crippen LogP contribution is 2.32. The molecule has 1 aliphatic rings. The molecule has 0 amide bonds. The Balaban J connectivity index is 1.89. The molecule has 1 aromatic carbocycles. The average molecular weight is 373 g/mol. The lowest BCUT2D eigenvalue weighted by Gasteiger charge is -2.16. The molecule has 0 saturated heterocycles. The van der Waals surface area contributed by atoms with Gasteiger partial charge in [-0.05, 0) is 56.3 Å². The molecule has 1 saturated carbocycles. The van der Waals surface area contributed by atoms with Crippen LogP contribution in [0.2, 0.25) is 0 Å². The normalized spacial score (nSPS) is 16.0. The van der Waals surface area contributed by atoms with E-state index in [9.17, 15) is 12.8 Å². The highest BCUT2D eigenvalue weighted by atomic mass is 32.2. The van der Waals surface area contributed by atoms with Crippen LogP contribution < -0.4 is 15.2 Å². The highest BCUT2D eigenvalue weighted by Gasteiger charge is 2.21. The second-order valence-corrected chi connectivity index (χ2v) is 8.65. The Labute approximate surface area is 150 Å². The van der Waals surface area contributed by atoms with Gasteiger partial charge in [-0.1, -0.05) is 25.3 Å². The lowest BCUT2D eigenvalue weighted by molar-refractivity contribution is 0.287. The molecular formula is C18H29FN2O3S. The van der Waals surface area contributed by atoms with E-state index in [0.29, 0.717) is 25.1 Å². The van der Waals surface area contributed by atoms with E-state index in [0.717, 1.165) is 25.2 Å². The summed E-state index contributed by atoms with van der Waals surface area (Å²) in [7, 11) is -3.38. The van der Waals surface area contributed by atoms with Crippen molar-refractivity contribution >= 4 is 10.0 Å². The van der Waals surface area contributed by atoms with E-state index >= 15 is 0 Å². The molecule has 25 heavy (non-hydrogen) atoms. The van der Waals surface area contributed by atoms with Crippen molar-refractivity contribution in [2.45, 2.75) is 51.5 Å². The maximum atomic E-state index is 13.9. The number of nitrogens with one attached hydrogen (secondary N) is 1. The maximum Gasteiger partial charge on any atom is 0.212 e. The minimum Gasteiger partial charge on any atom is -0.490 e. The maximum absolute atomic E-state index is 13.9. The third-order valence-electron chi connectivity index (χ3n) is 4.41. The number of benzene rings is 1. The molecule has 142 valence electrons. The van der Waals surface area contributed by atoms with Crippen LogP contribution in [-0.2, 0) is 10.0 Å². The van der Waals surface area contributed by atoms with Crippen molar-refractivity contribution in [3.63, 3.8) is 0 Å². The Morgan fingerprint density at radius 1 is 1.32 bits per heavy atom. The van der Waals surface area contributed by atoms with Gasteiger partial charge in [-0.2, -0.15) is 0 Å². The molecule has 0 spiro atoms. The van der Waals surface area contributed by atoms with Crippen LogP contribution in [0.4, 0.5) is 4.39 Å². The SMILES string of the molecule is C[C@H](NS(=O)(=O)CCCCCN)c1ccc(F)c(OCCC2CC2)c1. The Kier molecular flexibility index (Phi) is 7.65. The van der Waals surface area contributed by atoms with Crippen LogP contribution in [0.1, 0.15) is 57.1 Å². The standard InChI is InChI=1S/C18H29FN2O3S/c1-14(21-25(22,23)12-4-2-3-10-20)16-7-8-17(19)18(13-16)24-11-9-15-5-6-15/h7-8,13-15,21H,2-6,9-12,20H2,1H3/t14-/m0/s1. The van der Waals surface area contributed by atoms with Crippen LogP contribution in [0.3, 0.4) is 0 Å². The van der Waals surface area contributed by atoms with Gasteiger partial charge in [0.2, 0.25) is 10.0 Å². The van der Waals surface area contributed by atoms with E-state index in [-0.39, 0.29) is 11.5 Å². The van der Waals surface area contributed by atoms with Gasteiger partial charge < -0.3 is 10.5 Å². The van der Waals surface area contributed by atoms with Crippen LogP contribution in [-0.4, -0.2) is 27.3 Å². The van der Waals surface area contributed by atoms with Gasteiger partial charge in [-0.25, -0.2) is 17.5 Å². The molecule has 0 aromatic heterocycles. The number of ether oxygens (including phenoxy) is 1. The monoisotopic (exact) mass is 372 g/mol. The fourth-order valence-electron chi connectivity index (χ4n) is 2.65. The second kappa shape index (κ2) is 9.50. The highest BCUT2D eigenvalue weighted by molar-refractivity contribution is 7.89. The van der Waals surface area contributed by atoms with Gasteiger partial charge in [0.25, 0.3) is 0 Å². The third kappa shape index (κ3) is 7.30. The zero-order valence-corrected chi connectivity index (χ0v) is 15.7. The first kappa shape index (κ1) is 20.1. The molecular weight excluding hydrogens is 343 g/mol. The smallest absolute Gasteiger partial charge is 0.212 e. The van der Waals surface area contributed by atoms with E-state index in [2.05, 4.69) is 4.72 Å². The summed E-state index contributed by atoms with van der Waals surface area (Å²) in [6.07, 6.45) is 5.60. The van der Waals surface area contributed by atoms with Crippen molar-refractivity contribution in [1.29, 1.82) is 0 Å². The summed E-state index contributed by atoms with van der Waals surface area (Å²) in [5.74, 6) is 0.559. The van der Waals surface area contributed by atoms with Gasteiger partial charge in [0.05, 0.1) is 12.4 Å². The van der Waals surface area contributed by atoms with E-state index in [1.54, 1.807) is 19.1 Å². The van der Waals surface area contributed by atoms with E-state index in [1.165, 1.54) is 18.9 Å². The minimum absolute atomic E-state index is 0.0727. The first-order valence-corrected chi connectivity index (χ1v) is 10.7. The lowest BCUT2D eigenvalue weighted by Crippen LogP contribution is -2.29. The van der Waals surface area contributed by atoms with Crippen LogP contribution in [0.15, 0.2) is 18.2 Å². The molecule has 0 bridgehead atoms. The van der Waals surface area contributed by atoms with E-state index in [4.69, 9.17) is 10.5 Å². The zero-order valence-electron chi connectivity index (χ0n) is 14.8. The lowest BCUT2D eigenvalue weighted by atomic mass is 10.1. The van der Waals surface area contributed by atoms with Crippen LogP contribution >= 0.6 is 0 Å². The quantitative estimate of drug-likeness (QED) is 0.552. The van der Waals surface area contributed by atoms with E-state index < -0.39 is 21.9 Å². The number of unbranched alkanes of at least 4 members (excludes halogenated alkanes) is 2. The van der Waals surface area contributed by atoms with Crippen molar-refractivity contribution in [2.75, 3.05) is 18.9 Å². The summed E-state index contributed by atoms with van der Waals surface area (Å²) >= 11 is 0. The fraction of sp³-hybridized carbons (Fsp3) is 0.667. The summed E-state index contributed by atoms with van der Waals surface area (Å²) in [6, 6.07) is 4.06. The molecule has 7 heteroatoms. The molecule has 0 heterocycles. The summed E-state index contributed by atoms with van der Waals surface area (Å²) in [5.41, 5.74) is 6.10. The van der Waals surface area contributed by atoms with Crippen LogP contribution in [0.5, 0.6) is 5.75 Å². The van der Waals surface area contributed by atoms with Crippen LogP contribution in [0.25, 0.3) is 0 Å².